The summed E-state index contributed by atoms with van der Waals surface area (Å²) in [6, 6.07) is 9.70. The minimum Gasteiger partial charge on any atom is -0.490 e. The van der Waals surface area contributed by atoms with E-state index in [9.17, 15) is 17.6 Å². The molecule has 0 atom stereocenters. The van der Waals surface area contributed by atoms with E-state index in [2.05, 4.69) is 4.72 Å². The van der Waals surface area contributed by atoms with Gasteiger partial charge in [0.15, 0.2) is 0 Å². The number of sulfonamides is 1. The number of anilines is 2. The molecule has 8 heteroatoms. The third-order valence-electron chi connectivity index (χ3n) is 4.17. The lowest BCUT2D eigenvalue weighted by atomic mass is 9.93. The average Bonchev–Trinajstić information content (AvgIpc) is 2.66. The molecular formula is C18H19FN2O4S. The van der Waals surface area contributed by atoms with Crippen molar-refractivity contribution in [1.82, 2.24) is 0 Å². The van der Waals surface area contributed by atoms with Crippen molar-refractivity contribution in [2.45, 2.75) is 18.7 Å². The number of fused-ring (bicyclic) bond motifs is 1. The zero-order chi connectivity index (χ0) is 19.1. The molecule has 0 saturated heterocycles. The summed E-state index contributed by atoms with van der Waals surface area (Å²) in [5.41, 5.74) is -0.0649. The molecule has 1 heterocycles. The molecule has 1 aliphatic heterocycles. The molecule has 0 unspecified atom stereocenters. The predicted octanol–water partition coefficient (Wildman–Crippen LogP) is 3.01. The molecule has 0 aromatic heterocycles. The number of nitrogens with one attached hydrogen (secondary N) is 1. The van der Waals surface area contributed by atoms with Gasteiger partial charge in [0.25, 0.3) is 10.0 Å². The monoisotopic (exact) mass is 378 g/mol. The van der Waals surface area contributed by atoms with E-state index in [1.807, 2.05) is 0 Å². The second kappa shape index (κ2) is 6.28. The number of rotatable bonds is 3. The van der Waals surface area contributed by atoms with E-state index in [1.165, 1.54) is 35.2 Å². The van der Waals surface area contributed by atoms with Crippen LogP contribution in [0.25, 0.3) is 0 Å². The summed E-state index contributed by atoms with van der Waals surface area (Å²) in [6.45, 7) is 3.77. The van der Waals surface area contributed by atoms with E-state index >= 15 is 0 Å². The van der Waals surface area contributed by atoms with Crippen molar-refractivity contribution >= 4 is 27.3 Å². The maximum absolute atomic E-state index is 13.8. The van der Waals surface area contributed by atoms with Crippen LogP contribution in [0.3, 0.4) is 0 Å². The standard InChI is InChI=1S/C18H19FN2O4S/c1-18(2)11-25-15-9-8-12(10-14(15)21(3)17(18)22)20-26(23,24)16-7-5-4-6-13(16)19/h4-10,20H,11H2,1-3H3. The quantitative estimate of drug-likeness (QED) is 0.891. The van der Waals surface area contributed by atoms with E-state index in [4.69, 9.17) is 4.74 Å². The smallest absolute Gasteiger partial charge is 0.264 e. The van der Waals surface area contributed by atoms with Gasteiger partial charge in [-0.2, -0.15) is 0 Å². The van der Waals surface area contributed by atoms with Crippen LogP contribution in [0.2, 0.25) is 0 Å². The van der Waals surface area contributed by atoms with Crippen LogP contribution in [0.1, 0.15) is 13.8 Å². The lowest BCUT2D eigenvalue weighted by molar-refractivity contribution is -0.127. The van der Waals surface area contributed by atoms with Gasteiger partial charge in [-0.1, -0.05) is 12.1 Å². The van der Waals surface area contributed by atoms with Crippen molar-refractivity contribution in [2.75, 3.05) is 23.3 Å². The molecule has 0 bridgehead atoms. The molecule has 2 aromatic carbocycles. The molecule has 0 fully saturated rings. The molecule has 1 aliphatic rings. The van der Waals surface area contributed by atoms with Gasteiger partial charge >= 0.3 is 0 Å². The summed E-state index contributed by atoms with van der Waals surface area (Å²) < 4.78 is 46.7. The number of benzene rings is 2. The van der Waals surface area contributed by atoms with Gasteiger partial charge in [-0.15, -0.1) is 0 Å². The van der Waals surface area contributed by atoms with Gasteiger partial charge in [-0.05, 0) is 44.2 Å². The lowest BCUT2D eigenvalue weighted by Crippen LogP contribution is -2.39. The SMILES string of the molecule is CN1C(=O)C(C)(C)COc2ccc(NS(=O)(=O)c3ccccc3F)cc21. The second-order valence-electron chi connectivity index (χ2n) is 6.76. The van der Waals surface area contributed by atoms with Crippen LogP contribution in [0.15, 0.2) is 47.4 Å². The molecule has 0 radical (unpaired) electrons. The van der Waals surface area contributed by atoms with Crippen molar-refractivity contribution in [1.29, 1.82) is 0 Å². The Morgan fingerprint density at radius 2 is 1.88 bits per heavy atom. The van der Waals surface area contributed by atoms with Crippen LogP contribution in [0.5, 0.6) is 5.75 Å². The Balaban J connectivity index is 1.97. The number of amides is 1. The molecule has 3 rings (SSSR count). The van der Waals surface area contributed by atoms with Crippen molar-refractivity contribution in [2.24, 2.45) is 5.41 Å². The van der Waals surface area contributed by atoms with Crippen molar-refractivity contribution in [3.8, 4) is 5.75 Å². The molecule has 6 nitrogen and oxygen atoms in total. The highest BCUT2D eigenvalue weighted by molar-refractivity contribution is 7.92. The van der Waals surface area contributed by atoms with Crippen LogP contribution < -0.4 is 14.4 Å². The number of carbonyl (C=O) groups excluding carboxylic acids is 1. The third-order valence-corrected chi connectivity index (χ3v) is 5.59. The minimum absolute atomic E-state index is 0.148. The molecule has 0 spiro atoms. The number of halogens is 1. The summed E-state index contributed by atoms with van der Waals surface area (Å²) in [6.07, 6.45) is 0. The molecule has 138 valence electrons. The highest BCUT2D eigenvalue weighted by atomic mass is 32.2. The second-order valence-corrected chi connectivity index (χ2v) is 8.41. The molecule has 0 aliphatic carbocycles. The van der Waals surface area contributed by atoms with Gasteiger partial charge in [0.2, 0.25) is 5.91 Å². The number of hydrogen-bond acceptors (Lipinski definition) is 4. The number of ether oxygens (including phenoxy) is 1. The molecular weight excluding hydrogens is 359 g/mol. The summed E-state index contributed by atoms with van der Waals surface area (Å²) in [7, 11) is -2.50. The maximum atomic E-state index is 13.8. The molecule has 2 aromatic rings. The lowest BCUT2D eigenvalue weighted by Gasteiger charge is -2.24. The van der Waals surface area contributed by atoms with E-state index < -0.39 is 26.2 Å². The fourth-order valence-electron chi connectivity index (χ4n) is 2.72. The normalized spacial score (nSPS) is 16.5. The Hall–Kier alpha value is -2.61. The number of hydrogen-bond donors (Lipinski definition) is 1. The molecule has 1 N–H and O–H groups in total. The van der Waals surface area contributed by atoms with E-state index in [1.54, 1.807) is 27.0 Å². The average molecular weight is 378 g/mol. The van der Waals surface area contributed by atoms with Gasteiger partial charge < -0.3 is 9.64 Å². The van der Waals surface area contributed by atoms with Gasteiger partial charge in [0, 0.05) is 7.05 Å². The van der Waals surface area contributed by atoms with Crippen molar-refractivity contribution < 1.29 is 22.3 Å². The van der Waals surface area contributed by atoms with Gasteiger partial charge in [0.1, 0.15) is 23.1 Å². The Labute approximate surface area is 151 Å². The fraction of sp³-hybridized carbons (Fsp3) is 0.278. The van der Waals surface area contributed by atoms with E-state index in [-0.39, 0.29) is 18.2 Å². The van der Waals surface area contributed by atoms with E-state index in [0.29, 0.717) is 11.4 Å². The first-order valence-corrected chi connectivity index (χ1v) is 9.42. The van der Waals surface area contributed by atoms with Crippen LogP contribution in [0, 0.1) is 11.2 Å². The number of nitrogens with zero attached hydrogens (tertiary/aromatic N) is 1. The zero-order valence-corrected chi connectivity index (χ0v) is 15.4. The summed E-state index contributed by atoms with van der Waals surface area (Å²) in [4.78, 5) is 13.5. The Morgan fingerprint density at radius 3 is 2.58 bits per heavy atom. The Morgan fingerprint density at radius 1 is 1.19 bits per heavy atom. The maximum Gasteiger partial charge on any atom is 0.264 e. The molecule has 1 amide bonds. The van der Waals surface area contributed by atoms with Crippen LogP contribution >= 0.6 is 0 Å². The predicted molar refractivity (Wildman–Crippen MR) is 96.3 cm³/mol. The summed E-state index contributed by atoms with van der Waals surface area (Å²) >= 11 is 0. The Bertz CT molecular complexity index is 973. The van der Waals surface area contributed by atoms with Gasteiger partial charge in [0.05, 0.1) is 16.8 Å². The van der Waals surface area contributed by atoms with Crippen LogP contribution in [-0.2, 0) is 14.8 Å². The minimum atomic E-state index is -4.10. The van der Waals surface area contributed by atoms with Crippen molar-refractivity contribution in [3.63, 3.8) is 0 Å². The molecule has 0 saturated carbocycles. The Kier molecular flexibility index (Phi) is 4.39. The first-order chi connectivity index (χ1) is 12.1. The van der Waals surface area contributed by atoms with Gasteiger partial charge in [-0.25, -0.2) is 12.8 Å². The first-order valence-electron chi connectivity index (χ1n) is 7.94. The number of carbonyl (C=O) groups is 1. The van der Waals surface area contributed by atoms with Crippen molar-refractivity contribution in [3.05, 3.63) is 48.3 Å². The third kappa shape index (κ3) is 3.24. The largest absolute Gasteiger partial charge is 0.490 e. The van der Waals surface area contributed by atoms with Crippen LogP contribution in [0.4, 0.5) is 15.8 Å². The molecule has 26 heavy (non-hydrogen) atoms. The highest BCUT2D eigenvalue weighted by Crippen LogP contribution is 2.37. The summed E-state index contributed by atoms with van der Waals surface area (Å²) in [5, 5.41) is 0. The van der Waals surface area contributed by atoms with Gasteiger partial charge in [-0.3, -0.25) is 9.52 Å². The zero-order valence-electron chi connectivity index (χ0n) is 14.6. The highest BCUT2D eigenvalue weighted by Gasteiger charge is 2.36. The summed E-state index contributed by atoms with van der Waals surface area (Å²) in [5.74, 6) is -0.516. The van der Waals surface area contributed by atoms with Crippen LogP contribution in [-0.4, -0.2) is 28.0 Å². The van der Waals surface area contributed by atoms with E-state index in [0.717, 1.165) is 6.07 Å². The topological polar surface area (TPSA) is 75.7 Å². The first kappa shape index (κ1) is 18.2. The fourth-order valence-corrected chi connectivity index (χ4v) is 3.85.